The number of carbonyl (C=O) groups is 1. The Morgan fingerprint density at radius 2 is 1.86 bits per heavy atom. The van der Waals surface area contributed by atoms with Crippen molar-refractivity contribution < 1.29 is 9.32 Å². The van der Waals surface area contributed by atoms with Crippen LogP contribution in [0.15, 0.2) is 53.3 Å². The van der Waals surface area contributed by atoms with Crippen LogP contribution in [0.3, 0.4) is 0 Å². The van der Waals surface area contributed by atoms with Crippen molar-refractivity contribution in [2.24, 2.45) is 5.92 Å². The van der Waals surface area contributed by atoms with Crippen LogP contribution in [0.2, 0.25) is 0 Å². The molecule has 3 aromatic heterocycles. The maximum Gasteiger partial charge on any atom is 0.261 e. The normalized spacial score (nSPS) is 15.1. The Kier molecular flexibility index (Phi) is 5.50. The Labute approximate surface area is 202 Å². The summed E-state index contributed by atoms with van der Waals surface area (Å²) in [6.45, 7) is 2.31. The maximum atomic E-state index is 12.0. The van der Waals surface area contributed by atoms with Gasteiger partial charge in [0.25, 0.3) is 5.89 Å². The van der Waals surface area contributed by atoms with Gasteiger partial charge in [-0.1, -0.05) is 29.4 Å². The molecule has 0 saturated heterocycles. The first-order valence-corrected chi connectivity index (χ1v) is 11.5. The fourth-order valence-electron chi connectivity index (χ4n) is 4.33. The van der Waals surface area contributed by atoms with Gasteiger partial charge in [0.05, 0.1) is 17.2 Å². The number of pyridine rings is 1. The van der Waals surface area contributed by atoms with E-state index >= 15 is 0 Å². The van der Waals surface area contributed by atoms with Gasteiger partial charge in [-0.05, 0) is 48.9 Å². The molecule has 1 atom stereocenters. The van der Waals surface area contributed by atoms with Gasteiger partial charge >= 0.3 is 0 Å². The van der Waals surface area contributed by atoms with E-state index in [9.17, 15) is 4.79 Å². The van der Waals surface area contributed by atoms with Gasteiger partial charge in [0.15, 0.2) is 5.82 Å². The van der Waals surface area contributed by atoms with E-state index in [0.717, 1.165) is 29.5 Å². The van der Waals surface area contributed by atoms with Crippen molar-refractivity contribution in [1.82, 2.24) is 29.8 Å². The monoisotopic (exact) mass is 472 g/mol. The Balaban J connectivity index is 1.42. The largest absolute Gasteiger partial charge is 0.384 e. The van der Waals surface area contributed by atoms with Crippen molar-refractivity contribution in [1.29, 1.82) is 0 Å². The van der Waals surface area contributed by atoms with Gasteiger partial charge in [-0.2, -0.15) is 10.1 Å². The molecule has 180 valence electrons. The number of amides is 1. The Morgan fingerprint density at radius 1 is 1.11 bits per heavy atom. The summed E-state index contributed by atoms with van der Waals surface area (Å²) in [5, 5.41) is 8.62. The third-order valence-electron chi connectivity index (χ3n) is 6.70. The van der Waals surface area contributed by atoms with Crippen LogP contribution in [-0.2, 0) is 16.8 Å². The molecule has 0 spiro atoms. The van der Waals surface area contributed by atoms with E-state index in [1.54, 1.807) is 37.2 Å². The fourth-order valence-corrected chi connectivity index (χ4v) is 4.33. The van der Waals surface area contributed by atoms with E-state index in [4.69, 9.17) is 21.0 Å². The number of nitrogens with two attached hydrogens (primary N) is 2. The molecule has 0 bridgehead atoms. The van der Waals surface area contributed by atoms with Crippen molar-refractivity contribution in [2.75, 3.05) is 25.6 Å². The van der Waals surface area contributed by atoms with Crippen molar-refractivity contribution in [3.05, 3.63) is 60.2 Å². The molecule has 3 heterocycles. The summed E-state index contributed by atoms with van der Waals surface area (Å²) < 4.78 is 7.20. The predicted octanol–water partition coefficient (Wildman–Crippen LogP) is 2.96. The van der Waals surface area contributed by atoms with Crippen LogP contribution in [0.4, 0.5) is 11.6 Å². The highest BCUT2D eigenvalue weighted by Gasteiger charge is 2.47. The summed E-state index contributed by atoms with van der Waals surface area (Å²) >= 11 is 0. The van der Waals surface area contributed by atoms with Crippen LogP contribution in [0.1, 0.15) is 31.2 Å². The molecule has 4 aromatic rings. The highest BCUT2D eigenvalue weighted by Crippen LogP contribution is 2.50. The maximum absolute atomic E-state index is 12.0. The van der Waals surface area contributed by atoms with Crippen LogP contribution in [0.5, 0.6) is 0 Å². The summed E-state index contributed by atoms with van der Waals surface area (Å²) in [7, 11) is 3.42. The van der Waals surface area contributed by atoms with Crippen LogP contribution >= 0.6 is 0 Å². The van der Waals surface area contributed by atoms with Crippen molar-refractivity contribution in [2.45, 2.75) is 31.7 Å². The minimum atomic E-state index is -0.401. The molecule has 1 aliphatic carbocycles. The quantitative estimate of drug-likeness (QED) is 0.418. The SMILES string of the molecule is CN(C)C(=O)Cn1cc(-c2nc(C(C)(c3ccc(-c4ccc(N)nc4N)cc3)C3CC3)no2)cn1. The molecule has 5 rings (SSSR count). The van der Waals surface area contributed by atoms with Gasteiger partial charge in [-0.3, -0.25) is 9.48 Å². The van der Waals surface area contributed by atoms with Gasteiger partial charge in [-0.15, -0.1) is 0 Å². The summed E-state index contributed by atoms with van der Waals surface area (Å²) in [6, 6.07) is 11.9. The van der Waals surface area contributed by atoms with E-state index in [2.05, 4.69) is 34.3 Å². The Hall–Kier alpha value is -4.21. The van der Waals surface area contributed by atoms with Gasteiger partial charge in [0, 0.05) is 25.9 Å². The number of aromatic nitrogens is 5. The lowest BCUT2D eigenvalue weighted by molar-refractivity contribution is -0.129. The van der Waals surface area contributed by atoms with Gasteiger partial charge < -0.3 is 20.9 Å². The highest BCUT2D eigenvalue weighted by atomic mass is 16.5. The first kappa shape index (κ1) is 22.6. The zero-order valence-corrected chi connectivity index (χ0v) is 20.0. The summed E-state index contributed by atoms with van der Waals surface area (Å²) in [4.78, 5) is 22.4. The number of carbonyl (C=O) groups excluding carboxylic acids is 1. The number of rotatable bonds is 7. The van der Waals surface area contributed by atoms with Gasteiger partial charge in [-0.25, -0.2) is 4.98 Å². The predicted molar refractivity (Wildman–Crippen MR) is 132 cm³/mol. The molecule has 1 amide bonds. The molecular weight excluding hydrogens is 444 g/mol. The van der Waals surface area contributed by atoms with E-state index in [-0.39, 0.29) is 12.5 Å². The lowest BCUT2D eigenvalue weighted by Gasteiger charge is -2.27. The van der Waals surface area contributed by atoms with Crippen LogP contribution in [0.25, 0.3) is 22.6 Å². The first-order chi connectivity index (χ1) is 16.8. The van der Waals surface area contributed by atoms with E-state index in [0.29, 0.717) is 34.8 Å². The highest BCUT2D eigenvalue weighted by molar-refractivity contribution is 5.76. The molecular formula is C25H28N8O2. The summed E-state index contributed by atoms with van der Waals surface area (Å²) in [5.41, 5.74) is 15.0. The number of likely N-dealkylation sites (N-methyl/N-ethyl adjacent to an activating group) is 1. The summed E-state index contributed by atoms with van der Waals surface area (Å²) in [5.74, 6) is 2.18. The topological polar surface area (TPSA) is 142 Å². The molecule has 4 N–H and O–H groups in total. The molecule has 1 saturated carbocycles. The molecule has 0 radical (unpaired) electrons. The molecule has 1 fully saturated rings. The molecule has 1 unspecified atom stereocenters. The minimum absolute atomic E-state index is 0.0490. The second-order valence-electron chi connectivity index (χ2n) is 9.36. The molecule has 10 nitrogen and oxygen atoms in total. The number of benzene rings is 1. The Morgan fingerprint density at radius 3 is 2.51 bits per heavy atom. The molecule has 1 aromatic carbocycles. The third kappa shape index (κ3) is 4.23. The van der Waals surface area contributed by atoms with E-state index in [1.165, 1.54) is 4.90 Å². The van der Waals surface area contributed by atoms with Crippen LogP contribution < -0.4 is 11.5 Å². The second kappa shape index (κ2) is 8.53. The number of nitrogens with zero attached hydrogens (tertiary/aromatic N) is 6. The summed E-state index contributed by atoms with van der Waals surface area (Å²) in [6.07, 6.45) is 5.57. The molecule has 0 aliphatic heterocycles. The number of hydrogen-bond acceptors (Lipinski definition) is 8. The standard InChI is InChI=1S/C25H28N8O2/c1-25(18-8-9-18,17-6-4-15(5-7-17)19-10-11-20(26)29-22(19)27)24-30-23(35-31-24)16-12-28-33(13-16)14-21(34)32(2)3/h4-7,10-13,18H,8-9,14H2,1-3H3,(H4,26,27,29). The lowest BCUT2D eigenvalue weighted by atomic mass is 9.76. The fraction of sp³-hybridized carbons (Fsp3) is 0.320. The molecule has 1 aliphatic rings. The average molecular weight is 473 g/mol. The van der Waals surface area contributed by atoms with Crippen molar-refractivity contribution in [3.63, 3.8) is 0 Å². The average Bonchev–Trinajstić information content (AvgIpc) is 3.39. The lowest BCUT2D eigenvalue weighted by Crippen LogP contribution is -2.28. The number of nitrogen functional groups attached to an aromatic ring is 2. The minimum Gasteiger partial charge on any atom is -0.384 e. The van der Waals surface area contributed by atoms with E-state index < -0.39 is 5.41 Å². The third-order valence-corrected chi connectivity index (χ3v) is 6.70. The second-order valence-corrected chi connectivity index (χ2v) is 9.36. The van der Waals surface area contributed by atoms with Gasteiger partial charge in [0.2, 0.25) is 5.91 Å². The molecule has 35 heavy (non-hydrogen) atoms. The Bertz CT molecular complexity index is 1370. The number of anilines is 2. The first-order valence-electron chi connectivity index (χ1n) is 11.5. The van der Waals surface area contributed by atoms with Crippen molar-refractivity contribution >= 4 is 17.5 Å². The molecule has 10 heteroatoms. The van der Waals surface area contributed by atoms with Crippen LogP contribution in [0, 0.1) is 5.92 Å². The zero-order valence-electron chi connectivity index (χ0n) is 20.0. The number of hydrogen-bond donors (Lipinski definition) is 2. The zero-order chi connectivity index (χ0) is 24.7. The van der Waals surface area contributed by atoms with E-state index in [1.807, 2.05) is 18.2 Å². The van der Waals surface area contributed by atoms with Gasteiger partial charge in [0.1, 0.15) is 18.2 Å². The van der Waals surface area contributed by atoms with Crippen LogP contribution in [-0.4, -0.2) is 49.8 Å². The van der Waals surface area contributed by atoms with Crippen molar-refractivity contribution in [3.8, 4) is 22.6 Å². The smallest absolute Gasteiger partial charge is 0.261 e.